The van der Waals surface area contributed by atoms with Crippen LogP contribution in [0.1, 0.15) is 12.0 Å². The summed E-state index contributed by atoms with van der Waals surface area (Å²) in [5.41, 5.74) is 1.26. The SMILES string of the molecule is Cc1ccc([N+](=O)[O-])cc1S(=O)(=O)NCC1=CCNCC1.Cl. The van der Waals surface area contributed by atoms with Gasteiger partial charge in [-0.3, -0.25) is 10.1 Å². The number of nitrogens with one attached hydrogen (secondary N) is 2. The minimum Gasteiger partial charge on any atom is -0.313 e. The summed E-state index contributed by atoms with van der Waals surface area (Å²) in [7, 11) is -3.76. The molecular weight excluding hydrogens is 330 g/mol. The molecule has 0 atom stereocenters. The molecule has 122 valence electrons. The number of nitrogens with zero attached hydrogens (tertiary/aromatic N) is 1. The molecule has 0 saturated heterocycles. The van der Waals surface area contributed by atoms with Crippen molar-refractivity contribution in [1.29, 1.82) is 0 Å². The van der Waals surface area contributed by atoms with Gasteiger partial charge in [0.05, 0.1) is 9.82 Å². The number of benzene rings is 1. The third-order valence-corrected chi connectivity index (χ3v) is 4.86. The third-order valence-electron chi connectivity index (χ3n) is 3.32. The molecule has 1 heterocycles. The lowest BCUT2D eigenvalue weighted by molar-refractivity contribution is -0.385. The number of non-ortho nitro benzene ring substituents is 1. The van der Waals surface area contributed by atoms with Gasteiger partial charge in [0.2, 0.25) is 10.0 Å². The molecule has 0 aliphatic carbocycles. The molecule has 1 aliphatic rings. The van der Waals surface area contributed by atoms with Crippen molar-refractivity contribution in [2.75, 3.05) is 19.6 Å². The van der Waals surface area contributed by atoms with E-state index in [0.717, 1.165) is 31.1 Å². The Morgan fingerprint density at radius 2 is 2.14 bits per heavy atom. The van der Waals surface area contributed by atoms with Crippen LogP contribution in [0.3, 0.4) is 0 Å². The number of nitro benzene ring substituents is 1. The van der Waals surface area contributed by atoms with Crippen molar-refractivity contribution in [3.05, 3.63) is 45.5 Å². The number of aryl methyl sites for hydroxylation is 1. The van der Waals surface area contributed by atoms with Crippen LogP contribution in [0.4, 0.5) is 5.69 Å². The summed E-state index contributed by atoms with van der Waals surface area (Å²) >= 11 is 0. The zero-order valence-electron chi connectivity index (χ0n) is 12.0. The number of hydrogen-bond acceptors (Lipinski definition) is 5. The summed E-state index contributed by atoms with van der Waals surface area (Å²) < 4.78 is 27.1. The van der Waals surface area contributed by atoms with E-state index in [1.54, 1.807) is 6.92 Å². The van der Waals surface area contributed by atoms with Crippen LogP contribution in [-0.4, -0.2) is 33.0 Å². The first-order valence-electron chi connectivity index (χ1n) is 6.53. The van der Waals surface area contributed by atoms with Gasteiger partial charge in [0.25, 0.3) is 5.69 Å². The van der Waals surface area contributed by atoms with E-state index in [1.807, 2.05) is 6.08 Å². The Kier molecular flexibility index (Phi) is 6.48. The topological polar surface area (TPSA) is 101 Å². The van der Waals surface area contributed by atoms with Crippen molar-refractivity contribution in [1.82, 2.24) is 10.0 Å². The van der Waals surface area contributed by atoms with Gasteiger partial charge in [0.15, 0.2) is 0 Å². The first kappa shape index (κ1) is 18.6. The average molecular weight is 348 g/mol. The Morgan fingerprint density at radius 3 is 2.73 bits per heavy atom. The van der Waals surface area contributed by atoms with E-state index in [1.165, 1.54) is 12.1 Å². The van der Waals surface area contributed by atoms with Crippen molar-refractivity contribution < 1.29 is 13.3 Å². The number of rotatable bonds is 5. The fraction of sp³-hybridized carbons (Fsp3) is 0.385. The van der Waals surface area contributed by atoms with Crippen molar-refractivity contribution in [3.63, 3.8) is 0 Å². The first-order valence-corrected chi connectivity index (χ1v) is 8.02. The van der Waals surface area contributed by atoms with Crippen LogP contribution in [0.15, 0.2) is 34.7 Å². The van der Waals surface area contributed by atoms with Gasteiger partial charge in [-0.1, -0.05) is 17.7 Å². The largest absolute Gasteiger partial charge is 0.313 e. The van der Waals surface area contributed by atoms with E-state index in [9.17, 15) is 18.5 Å². The fourth-order valence-electron chi connectivity index (χ4n) is 2.09. The number of nitro groups is 1. The van der Waals surface area contributed by atoms with Crippen LogP contribution < -0.4 is 10.0 Å². The number of halogens is 1. The quantitative estimate of drug-likeness (QED) is 0.477. The van der Waals surface area contributed by atoms with Crippen molar-refractivity contribution >= 4 is 28.1 Å². The minimum absolute atomic E-state index is 0. The Morgan fingerprint density at radius 1 is 1.41 bits per heavy atom. The Hall–Kier alpha value is -1.48. The monoisotopic (exact) mass is 347 g/mol. The number of sulfonamides is 1. The lowest BCUT2D eigenvalue weighted by atomic mass is 10.1. The van der Waals surface area contributed by atoms with Crippen LogP contribution in [0.5, 0.6) is 0 Å². The normalized spacial score (nSPS) is 14.9. The molecule has 0 fully saturated rings. The molecule has 0 radical (unpaired) electrons. The molecule has 0 spiro atoms. The summed E-state index contributed by atoms with van der Waals surface area (Å²) in [6.45, 7) is 3.39. The molecule has 9 heteroatoms. The molecule has 2 N–H and O–H groups in total. The molecule has 0 saturated carbocycles. The van der Waals surface area contributed by atoms with Crippen LogP contribution in [0.25, 0.3) is 0 Å². The first-order chi connectivity index (χ1) is 9.90. The maximum Gasteiger partial charge on any atom is 0.270 e. The van der Waals surface area contributed by atoms with Crippen molar-refractivity contribution in [3.8, 4) is 0 Å². The van der Waals surface area contributed by atoms with Crippen molar-refractivity contribution in [2.45, 2.75) is 18.2 Å². The summed E-state index contributed by atoms with van der Waals surface area (Å²) in [5, 5.41) is 13.9. The molecule has 1 aromatic rings. The molecule has 0 bridgehead atoms. The highest BCUT2D eigenvalue weighted by Crippen LogP contribution is 2.21. The van der Waals surface area contributed by atoms with Crippen molar-refractivity contribution in [2.24, 2.45) is 0 Å². The fourth-order valence-corrected chi connectivity index (χ4v) is 3.39. The predicted octanol–water partition coefficient (Wildman–Crippen LogP) is 1.52. The van der Waals surface area contributed by atoms with Crippen LogP contribution in [0, 0.1) is 17.0 Å². The highest BCUT2D eigenvalue weighted by molar-refractivity contribution is 7.89. The third kappa shape index (κ3) is 4.51. The Balaban J connectivity index is 0.00000242. The van der Waals surface area contributed by atoms with Crippen LogP contribution in [-0.2, 0) is 10.0 Å². The van der Waals surface area contributed by atoms with E-state index >= 15 is 0 Å². The predicted molar refractivity (Wildman–Crippen MR) is 85.8 cm³/mol. The second-order valence-electron chi connectivity index (χ2n) is 4.85. The van der Waals surface area contributed by atoms with E-state index in [0.29, 0.717) is 5.56 Å². The van der Waals surface area contributed by atoms with Crippen LogP contribution >= 0.6 is 12.4 Å². The van der Waals surface area contributed by atoms with Gasteiger partial charge in [0, 0.05) is 25.2 Å². The van der Waals surface area contributed by atoms with Crippen LogP contribution in [0.2, 0.25) is 0 Å². The lowest BCUT2D eigenvalue weighted by Crippen LogP contribution is -2.30. The second-order valence-corrected chi connectivity index (χ2v) is 6.58. The summed E-state index contributed by atoms with van der Waals surface area (Å²) in [5.74, 6) is 0. The van der Waals surface area contributed by atoms with Gasteiger partial charge < -0.3 is 5.32 Å². The maximum absolute atomic E-state index is 12.3. The smallest absolute Gasteiger partial charge is 0.270 e. The number of hydrogen-bond donors (Lipinski definition) is 2. The van der Waals surface area contributed by atoms with E-state index in [2.05, 4.69) is 10.0 Å². The Labute approximate surface area is 135 Å². The van der Waals surface area contributed by atoms with Gasteiger partial charge in [0.1, 0.15) is 0 Å². The van der Waals surface area contributed by atoms with Gasteiger partial charge in [-0.25, -0.2) is 13.1 Å². The standard InChI is InChI=1S/C13H17N3O4S.ClH/c1-10-2-3-12(16(17)18)8-13(10)21(19,20)15-9-11-4-6-14-7-5-11;/h2-4,8,14-15H,5-7,9H2,1H3;1H. The molecule has 1 aromatic carbocycles. The molecular formula is C13H18ClN3O4S. The van der Waals surface area contributed by atoms with Gasteiger partial charge >= 0.3 is 0 Å². The van der Waals surface area contributed by atoms with E-state index < -0.39 is 14.9 Å². The Bertz CT molecular complexity index is 689. The molecule has 7 nitrogen and oxygen atoms in total. The molecule has 1 aliphatic heterocycles. The summed E-state index contributed by atoms with van der Waals surface area (Å²) in [4.78, 5) is 10.1. The molecule has 2 rings (SSSR count). The lowest BCUT2D eigenvalue weighted by Gasteiger charge is -2.15. The van der Waals surface area contributed by atoms with E-state index in [-0.39, 0.29) is 29.5 Å². The molecule has 0 amide bonds. The molecule has 0 unspecified atom stereocenters. The maximum atomic E-state index is 12.3. The summed E-state index contributed by atoms with van der Waals surface area (Å²) in [6.07, 6.45) is 2.74. The van der Waals surface area contributed by atoms with Gasteiger partial charge in [-0.2, -0.15) is 0 Å². The van der Waals surface area contributed by atoms with Gasteiger partial charge in [-0.15, -0.1) is 12.4 Å². The highest BCUT2D eigenvalue weighted by Gasteiger charge is 2.20. The minimum atomic E-state index is -3.76. The molecule has 22 heavy (non-hydrogen) atoms. The zero-order chi connectivity index (χ0) is 15.5. The highest BCUT2D eigenvalue weighted by atomic mass is 35.5. The van der Waals surface area contributed by atoms with Gasteiger partial charge in [-0.05, 0) is 25.5 Å². The second kappa shape index (κ2) is 7.68. The summed E-state index contributed by atoms with van der Waals surface area (Å²) in [6, 6.07) is 3.83. The molecule has 0 aromatic heterocycles. The van der Waals surface area contributed by atoms with E-state index in [4.69, 9.17) is 0 Å². The average Bonchev–Trinajstić information content (AvgIpc) is 2.46. The zero-order valence-corrected chi connectivity index (χ0v) is 13.7.